The zero-order chi connectivity index (χ0) is 13.9. The minimum absolute atomic E-state index is 0.797. The average Bonchev–Trinajstić information content (AvgIpc) is 2.80. The van der Waals surface area contributed by atoms with Crippen molar-refractivity contribution in [3.05, 3.63) is 17.6 Å². The van der Waals surface area contributed by atoms with Gasteiger partial charge in [-0.15, -0.1) is 0 Å². The number of rotatable bonds is 4. The average molecular weight is 275 g/mol. The molecule has 108 valence electrons. The van der Waals surface area contributed by atoms with Crippen LogP contribution in [0.5, 0.6) is 0 Å². The van der Waals surface area contributed by atoms with Crippen molar-refractivity contribution in [3.8, 4) is 0 Å². The second-order valence-electron chi connectivity index (χ2n) is 5.21. The van der Waals surface area contributed by atoms with Crippen molar-refractivity contribution in [1.82, 2.24) is 19.9 Å². The van der Waals surface area contributed by atoms with Crippen LogP contribution in [0.3, 0.4) is 0 Å². The van der Waals surface area contributed by atoms with Crippen molar-refractivity contribution in [2.75, 3.05) is 44.7 Å². The first-order valence-electron chi connectivity index (χ1n) is 7.10. The number of hydrogen-bond donors (Lipinski definition) is 2. The van der Waals surface area contributed by atoms with Crippen LogP contribution in [0, 0.1) is 13.8 Å². The molecule has 0 atom stereocenters. The molecule has 1 fully saturated rings. The van der Waals surface area contributed by atoms with Gasteiger partial charge < -0.3 is 15.0 Å². The van der Waals surface area contributed by atoms with Gasteiger partial charge >= 0.3 is 0 Å². The Morgan fingerprint density at radius 1 is 1.30 bits per heavy atom. The van der Waals surface area contributed by atoms with Crippen LogP contribution in [-0.2, 0) is 4.74 Å². The molecule has 2 aromatic heterocycles. The van der Waals surface area contributed by atoms with Gasteiger partial charge in [0.05, 0.1) is 18.7 Å². The first-order valence-corrected chi connectivity index (χ1v) is 7.10. The van der Waals surface area contributed by atoms with E-state index in [2.05, 4.69) is 31.2 Å². The van der Waals surface area contributed by atoms with Crippen molar-refractivity contribution < 1.29 is 4.74 Å². The Morgan fingerprint density at radius 3 is 2.90 bits per heavy atom. The predicted molar refractivity (Wildman–Crippen MR) is 79.1 cm³/mol. The number of aryl methyl sites for hydroxylation is 2. The van der Waals surface area contributed by atoms with Gasteiger partial charge in [0.15, 0.2) is 5.82 Å². The van der Waals surface area contributed by atoms with E-state index in [1.807, 2.05) is 13.8 Å². The molecule has 1 saturated heterocycles. The fraction of sp³-hybridized carbons (Fsp3) is 0.571. The van der Waals surface area contributed by atoms with E-state index in [4.69, 9.17) is 4.74 Å². The molecule has 3 rings (SSSR count). The van der Waals surface area contributed by atoms with E-state index < -0.39 is 0 Å². The highest BCUT2D eigenvalue weighted by Crippen LogP contribution is 2.20. The van der Waals surface area contributed by atoms with E-state index in [9.17, 15) is 0 Å². The summed E-state index contributed by atoms with van der Waals surface area (Å²) >= 11 is 0. The molecule has 1 aliphatic heterocycles. The number of ether oxygens (including phenoxy) is 1. The number of anilines is 1. The van der Waals surface area contributed by atoms with E-state index in [0.717, 1.165) is 67.8 Å². The van der Waals surface area contributed by atoms with Crippen molar-refractivity contribution >= 4 is 16.9 Å². The highest BCUT2D eigenvalue weighted by atomic mass is 16.5. The van der Waals surface area contributed by atoms with Crippen LogP contribution in [0.4, 0.5) is 5.82 Å². The van der Waals surface area contributed by atoms with Crippen LogP contribution in [0.25, 0.3) is 11.0 Å². The largest absolute Gasteiger partial charge is 0.379 e. The molecule has 6 heteroatoms. The number of morpholine rings is 1. The lowest BCUT2D eigenvalue weighted by atomic mass is 10.3. The molecule has 0 saturated carbocycles. The highest BCUT2D eigenvalue weighted by molar-refractivity contribution is 5.86. The molecule has 0 radical (unpaired) electrons. The monoisotopic (exact) mass is 275 g/mol. The minimum Gasteiger partial charge on any atom is -0.379 e. The van der Waals surface area contributed by atoms with Crippen molar-refractivity contribution in [3.63, 3.8) is 0 Å². The van der Waals surface area contributed by atoms with Crippen molar-refractivity contribution in [2.24, 2.45) is 0 Å². The summed E-state index contributed by atoms with van der Waals surface area (Å²) in [6.07, 6.45) is 0. The van der Waals surface area contributed by atoms with Crippen molar-refractivity contribution in [1.29, 1.82) is 0 Å². The first kappa shape index (κ1) is 13.3. The molecule has 6 nitrogen and oxygen atoms in total. The molecule has 0 bridgehead atoms. The van der Waals surface area contributed by atoms with Gasteiger partial charge in [-0.1, -0.05) is 0 Å². The number of aromatic nitrogens is 3. The van der Waals surface area contributed by atoms with E-state index in [1.165, 1.54) is 0 Å². The van der Waals surface area contributed by atoms with Gasteiger partial charge in [0.25, 0.3) is 0 Å². The Bertz CT molecular complexity index is 589. The Morgan fingerprint density at radius 2 is 2.10 bits per heavy atom. The molecule has 0 unspecified atom stereocenters. The maximum atomic E-state index is 5.35. The fourth-order valence-electron chi connectivity index (χ4n) is 2.55. The number of aromatic amines is 1. The Hall–Kier alpha value is -1.66. The summed E-state index contributed by atoms with van der Waals surface area (Å²) in [5, 5.41) is 3.42. The van der Waals surface area contributed by atoms with Crippen LogP contribution in [-0.4, -0.2) is 59.2 Å². The van der Waals surface area contributed by atoms with Crippen molar-refractivity contribution in [2.45, 2.75) is 13.8 Å². The van der Waals surface area contributed by atoms with Crippen LogP contribution >= 0.6 is 0 Å². The third-order valence-corrected chi connectivity index (χ3v) is 3.55. The second-order valence-corrected chi connectivity index (χ2v) is 5.21. The van der Waals surface area contributed by atoms with E-state index >= 15 is 0 Å². The van der Waals surface area contributed by atoms with Crippen LogP contribution in [0.15, 0.2) is 6.07 Å². The fourth-order valence-corrected chi connectivity index (χ4v) is 2.55. The summed E-state index contributed by atoms with van der Waals surface area (Å²) in [7, 11) is 0. The summed E-state index contributed by atoms with van der Waals surface area (Å²) in [6.45, 7) is 9.56. The SMILES string of the molecule is Cc1nc(NCCN2CCOCC2)c2[nH]c(C)cc2n1. The smallest absolute Gasteiger partial charge is 0.154 e. The van der Waals surface area contributed by atoms with Gasteiger partial charge in [-0.25, -0.2) is 9.97 Å². The number of fused-ring (bicyclic) bond motifs is 1. The number of H-pyrrole nitrogens is 1. The Balaban J connectivity index is 1.67. The lowest BCUT2D eigenvalue weighted by molar-refractivity contribution is 0.0398. The topological polar surface area (TPSA) is 66.1 Å². The molecule has 0 amide bonds. The number of nitrogens with zero attached hydrogens (tertiary/aromatic N) is 3. The molecule has 2 N–H and O–H groups in total. The lowest BCUT2D eigenvalue weighted by Gasteiger charge is -2.26. The summed E-state index contributed by atoms with van der Waals surface area (Å²) in [4.78, 5) is 14.7. The molecular weight excluding hydrogens is 254 g/mol. The molecule has 2 aromatic rings. The van der Waals surface area contributed by atoms with E-state index in [1.54, 1.807) is 0 Å². The summed E-state index contributed by atoms with van der Waals surface area (Å²) < 4.78 is 5.35. The highest BCUT2D eigenvalue weighted by Gasteiger charge is 2.11. The predicted octanol–water partition coefficient (Wildman–Crippen LogP) is 1.32. The van der Waals surface area contributed by atoms with Gasteiger partial charge in [0, 0.05) is 31.9 Å². The lowest BCUT2D eigenvalue weighted by Crippen LogP contribution is -2.39. The summed E-state index contributed by atoms with van der Waals surface area (Å²) in [6, 6.07) is 2.05. The maximum Gasteiger partial charge on any atom is 0.154 e. The van der Waals surface area contributed by atoms with E-state index in [-0.39, 0.29) is 0 Å². The zero-order valence-corrected chi connectivity index (χ0v) is 12.1. The van der Waals surface area contributed by atoms with Gasteiger partial charge in [-0.05, 0) is 19.9 Å². The van der Waals surface area contributed by atoms with Crippen LogP contribution < -0.4 is 5.32 Å². The summed E-state index contributed by atoms with van der Waals surface area (Å²) in [5.41, 5.74) is 3.08. The zero-order valence-electron chi connectivity index (χ0n) is 12.1. The first-order chi connectivity index (χ1) is 9.72. The molecule has 0 aliphatic carbocycles. The van der Waals surface area contributed by atoms with Gasteiger partial charge in [0.1, 0.15) is 11.3 Å². The Kier molecular flexibility index (Phi) is 3.84. The third kappa shape index (κ3) is 2.91. The van der Waals surface area contributed by atoms with Gasteiger partial charge in [0.2, 0.25) is 0 Å². The number of hydrogen-bond acceptors (Lipinski definition) is 5. The number of nitrogens with one attached hydrogen (secondary N) is 2. The second kappa shape index (κ2) is 5.76. The quantitative estimate of drug-likeness (QED) is 0.881. The van der Waals surface area contributed by atoms with Gasteiger partial charge in [-0.3, -0.25) is 4.90 Å². The molecular formula is C14H21N5O. The standard InChI is InChI=1S/C14H21N5O/c1-10-9-12-13(16-10)14(18-11(2)17-12)15-3-4-19-5-7-20-8-6-19/h9,16H,3-8H2,1-2H3,(H,15,17,18). The Labute approximate surface area is 118 Å². The summed E-state index contributed by atoms with van der Waals surface area (Å²) in [5.74, 6) is 1.69. The third-order valence-electron chi connectivity index (χ3n) is 3.55. The minimum atomic E-state index is 0.797. The normalized spacial score (nSPS) is 16.7. The van der Waals surface area contributed by atoms with Crippen LogP contribution in [0.2, 0.25) is 0 Å². The molecule has 1 aliphatic rings. The van der Waals surface area contributed by atoms with Gasteiger partial charge in [-0.2, -0.15) is 0 Å². The van der Waals surface area contributed by atoms with Crippen LogP contribution in [0.1, 0.15) is 11.5 Å². The molecule has 20 heavy (non-hydrogen) atoms. The maximum absolute atomic E-state index is 5.35. The molecule has 0 spiro atoms. The van der Waals surface area contributed by atoms with E-state index in [0.29, 0.717) is 0 Å². The molecule has 0 aromatic carbocycles. The molecule has 3 heterocycles.